The Morgan fingerprint density at radius 1 is 1.00 bits per heavy atom. The number of esters is 1. The number of para-hydroxylation sites is 1. The van der Waals surface area contributed by atoms with Crippen molar-refractivity contribution in [3.63, 3.8) is 0 Å². The second-order valence-corrected chi connectivity index (χ2v) is 8.85. The number of anilines is 1. The van der Waals surface area contributed by atoms with Crippen LogP contribution < -0.4 is 9.04 Å². The summed E-state index contributed by atoms with van der Waals surface area (Å²) in [7, 11) is -4.02. The number of halogens is 2. The largest absolute Gasteiger partial charge is 0.423 e. The Morgan fingerprint density at radius 2 is 1.67 bits per heavy atom. The molecule has 154 valence electrons. The van der Waals surface area contributed by atoms with Gasteiger partial charge in [0.25, 0.3) is 10.0 Å². The topological polar surface area (TPSA) is 63.7 Å². The molecule has 0 N–H and O–H groups in total. The average molecular weight is 462 g/mol. The van der Waals surface area contributed by atoms with Gasteiger partial charge in [-0.3, -0.25) is 4.31 Å². The highest BCUT2D eigenvalue weighted by Gasteiger charge is 2.26. The molecule has 5 nitrogen and oxygen atoms in total. The molecular weight excluding hydrogens is 445 g/mol. The SMILES string of the molecule is C=CCN(c1ccc(Cl)cc1)S(=O)(=O)c1ccc(Cl)c(C(=O)Oc2ccccc2)c1. The van der Waals surface area contributed by atoms with E-state index in [0.29, 0.717) is 16.5 Å². The summed E-state index contributed by atoms with van der Waals surface area (Å²) in [6.45, 7) is 3.65. The summed E-state index contributed by atoms with van der Waals surface area (Å²) >= 11 is 12.1. The van der Waals surface area contributed by atoms with E-state index in [1.807, 2.05) is 0 Å². The molecule has 0 amide bonds. The number of nitrogens with zero attached hydrogens (tertiary/aromatic N) is 1. The highest BCUT2D eigenvalue weighted by atomic mass is 35.5. The van der Waals surface area contributed by atoms with Gasteiger partial charge >= 0.3 is 5.97 Å². The molecule has 8 heteroatoms. The summed E-state index contributed by atoms with van der Waals surface area (Å²) in [5.74, 6) is -0.439. The Bertz CT molecular complexity index is 1160. The lowest BCUT2D eigenvalue weighted by Gasteiger charge is -2.23. The monoisotopic (exact) mass is 461 g/mol. The first-order chi connectivity index (χ1) is 14.3. The van der Waals surface area contributed by atoms with Gasteiger partial charge in [0.05, 0.1) is 27.7 Å². The highest BCUT2D eigenvalue weighted by molar-refractivity contribution is 7.92. The van der Waals surface area contributed by atoms with Crippen LogP contribution in [0.1, 0.15) is 10.4 Å². The summed E-state index contributed by atoms with van der Waals surface area (Å²) < 4.78 is 33.1. The van der Waals surface area contributed by atoms with Crippen molar-refractivity contribution in [1.82, 2.24) is 0 Å². The van der Waals surface area contributed by atoms with Crippen LogP contribution in [0.2, 0.25) is 10.0 Å². The maximum Gasteiger partial charge on any atom is 0.345 e. The smallest absolute Gasteiger partial charge is 0.345 e. The molecule has 0 saturated carbocycles. The van der Waals surface area contributed by atoms with Crippen LogP contribution in [0, 0.1) is 0 Å². The molecule has 0 radical (unpaired) electrons. The summed E-state index contributed by atoms with van der Waals surface area (Å²) in [4.78, 5) is 12.5. The van der Waals surface area contributed by atoms with Gasteiger partial charge in [-0.25, -0.2) is 13.2 Å². The predicted molar refractivity (Wildman–Crippen MR) is 119 cm³/mol. The van der Waals surface area contributed by atoms with Crippen molar-refractivity contribution in [1.29, 1.82) is 0 Å². The Morgan fingerprint density at radius 3 is 2.30 bits per heavy atom. The third kappa shape index (κ3) is 4.84. The summed E-state index contributed by atoms with van der Waals surface area (Å²) in [6, 6.07) is 18.7. The van der Waals surface area contributed by atoms with E-state index >= 15 is 0 Å². The fourth-order valence-electron chi connectivity index (χ4n) is 2.67. The van der Waals surface area contributed by atoms with E-state index in [1.54, 1.807) is 54.6 Å². The molecule has 3 aromatic rings. The highest BCUT2D eigenvalue weighted by Crippen LogP contribution is 2.28. The van der Waals surface area contributed by atoms with Crippen LogP contribution in [-0.2, 0) is 10.0 Å². The lowest BCUT2D eigenvalue weighted by Crippen LogP contribution is -2.31. The molecule has 3 aromatic carbocycles. The number of hydrogen-bond donors (Lipinski definition) is 0. The lowest BCUT2D eigenvalue weighted by molar-refractivity contribution is 0.0734. The number of ether oxygens (including phenoxy) is 1. The fraction of sp³-hybridized carbons (Fsp3) is 0.0455. The first kappa shape index (κ1) is 21.9. The van der Waals surface area contributed by atoms with Crippen LogP contribution in [0.25, 0.3) is 0 Å². The molecule has 0 spiro atoms. The van der Waals surface area contributed by atoms with Crippen molar-refractivity contribution in [3.05, 3.63) is 101 Å². The van der Waals surface area contributed by atoms with Gasteiger partial charge in [0, 0.05) is 5.02 Å². The van der Waals surface area contributed by atoms with Crippen molar-refractivity contribution >= 4 is 44.9 Å². The van der Waals surface area contributed by atoms with Gasteiger partial charge in [0.1, 0.15) is 5.75 Å². The number of benzene rings is 3. The van der Waals surface area contributed by atoms with Crippen molar-refractivity contribution in [3.8, 4) is 5.75 Å². The Labute approximate surface area is 185 Å². The molecule has 0 aliphatic rings. The van der Waals surface area contributed by atoms with E-state index in [1.165, 1.54) is 24.3 Å². The van der Waals surface area contributed by atoms with Crippen molar-refractivity contribution in [2.75, 3.05) is 10.8 Å². The van der Waals surface area contributed by atoms with Gasteiger partial charge in [0.2, 0.25) is 0 Å². The van der Waals surface area contributed by atoms with E-state index in [0.717, 1.165) is 4.31 Å². The standard InChI is InChI=1S/C22H17Cl2NO4S/c1-2-14-25(17-10-8-16(23)9-11-17)30(27,28)19-12-13-21(24)20(15-19)22(26)29-18-6-4-3-5-7-18/h2-13,15H,1,14H2. The molecule has 0 bridgehead atoms. The maximum absolute atomic E-state index is 13.3. The van der Waals surface area contributed by atoms with Gasteiger partial charge in [-0.15, -0.1) is 6.58 Å². The van der Waals surface area contributed by atoms with E-state index < -0.39 is 16.0 Å². The minimum absolute atomic E-state index is 0.0242. The lowest BCUT2D eigenvalue weighted by atomic mass is 10.2. The average Bonchev–Trinajstić information content (AvgIpc) is 2.73. The zero-order valence-electron chi connectivity index (χ0n) is 15.7. The Kier molecular flexibility index (Phi) is 6.82. The summed E-state index contributed by atoms with van der Waals surface area (Å²) in [5.41, 5.74) is 0.346. The molecular formula is C22H17Cl2NO4S. The Balaban J connectivity index is 1.99. The molecule has 0 saturated heterocycles. The zero-order valence-corrected chi connectivity index (χ0v) is 18.0. The Hall–Kier alpha value is -2.80. The molecule has 0 atom stereocenters. The van der Waals surface area contributed by atoms with Gasteiger partial charge in [-0.05, 0) is 54.6 Å². The third-order valence-electron chi connectivity index (χ3n) is 4.11. The van der Waals surface area contributed by atoms with Crippen LogP contribution in [0.4, 0.5) is 5.69 Å². The van der Waals surface area contributed by atoms with Crippen molar-refractivity contribution in [2.24, 2.45) is 0 Å². The van der Waals surface area contributed by atoms with Crippen molar-refractivity contribution in [2.45, 2.75) is 4.90 Å². The summed E-state index contributed by atoms with van der Waals surface area (Å²) in [5, 5.41) is 0.559. The van der Waals surface area contributed by atoms with Crippen LogP contribution in [0.5, 0.6) is 5.75 Å². The van der Waals surface area contributed by atoms with E-state index in [9.17, 15) is 13.2 Å². The fourth-order valence-corrected chi connectivity index (χ4v) is 4.45. The third-order valence-corrected chi connectivity index (χ3v) is 6.48. The first-order valence-electron chi connectivity index (χ1n) is 8.79. The number of hydrogen-bond acceptors (Lipinski definition) is 4. The molecule has 30 heavy (non-hydrogen) atoms. The number of rotatable bonds is 7. The molecule has 0 aromatic heterocycles. The second kappa shape index (κ2) is 9.34. The molecule has 0 aliphatic heterocycles. The number of carbonyl (C=O) groups excluding carboxylic acids is 1. The van der Waals surface area contributed by atoms with Crippen LogP contribution in [0.3, 0.4) is 0 Å². The predicted octanol–water partition coefficient (Wildman–Crippen LogP) is 5.59. The number of carbonyl (C=O) groups is 1. The second-order valence-electron chi connectivity index (χ2n) is 6.15. The van der Waals surface area contributed by atoms with E-state index in [-0.39, 0.29) is 22.0 Å². The molecule has 0 unspecified atom stereocenters. The van der Waals surface area contributed by atoms with Gasteiger partial charge in [-0.2, -0.15) is 0 Å². The number of sulfonamides is 1. The van der Waals surface area contributed by atoms with Gasteiger partial charge in [-0.1, -0.05) is 47.5 Å². The molecule has 0 heterocycles. The maximum atomic E-state index is 13.3. The van der Waals surface area contributed by atoms with Crippen LogP contribution in [-0.4, -0.2) is 20.9 Å². The van der Waals surface area contributed by atoms with E-state index in [2.05, 4.69) is 6.58 Å². The summed E-state index contributed by atoms with van der Waals surface area (Å²) in [6.07, 6.45) is 1.46. The van der Waals surface area contributed by atoms with Crippen molar-refractivity contribution < 1.29 is 17.9 Å². The first-order valence-corrected chi connectivity index (χ1v) is 11.0. The van der Waals surface area contributed by atoms with Crippen LogP contribution in [0.15, 0.2) is 90.3 Å². The van der Waals surface area contributed by atoms with Gasteiger partial charge in [0.15, 0.2) is 0 Å². The zero-order chi connectivity index (χ0) is 21.7. The van der Waals surface area contributed by atoms with Crippen LogP contribution >= 0.6 is 23.2 Å². The molecule has 0 aliphatic carbocycles. The quantitative estimate of drug-likeness (QED) is 0.261. The minimum Gasteiger partial charge on any atom is -0.423 e. The van der Waals surface area contributed by atoms with E-state index in [4.69, 9.17) is 27.9 Å². The molecule has 0 fully saturated rings. The minimum atomic E-state index is -4.02. The van der Waals surface area contributed by atoms with Gasteiger partial charge < -0.3 is 4.74 Å². The normalized spacial score (nSPS) is 11.0. The molecule has 3 rings (SSSR count).